The molecule has 0 aliphatic heterocycles. The number of anilines is 1. The van der Waals surface area contributed by atoms with Gasteiger partial charge in [0.05, 0.1) is 9.61 Å². The average molecular weight is 516 g/mol. The second-order valence-electron chi connectivity index (χ2n) is 7.52. The van der Waals surface area contributed by atoms with Crippen LogP contribution in [0.1, 0.15) is 34.1 Å². The molecule has 0 saturated heterocycles. The van der Waals surface area contributed by atoms with E-state index in [-0.39, 0.29) is 16.7 Å². The first-order chi connectivity index (χ1) is 13.2. The third kappa shape index (κ3) is 6.43. The van der Waals surface area contributed by atoms with Crippen LogP contribution in [-0.4, -0.2) is 49.5 Å². The zero-order chi connectivity index (χ0) is 20.7. The number of hydrogen-bond acceptors (Lipinski definition) is 6. The third-order valence-corrected chi connectivity index (χ3v) is 6.61. The van der Waals surface area contributed by atoms with Crippen molar-refractivity contribution in [2.75, 3.05) is 18.9 Å². The van der Waals surface area contributed by atoms with E-state index in [2.05, 4.69) is 60.6 Å². The maximum Gasteiger partial charge on any atom is 0.208 e. The summed E-state index contributed by atoms with van der Waals surface area (Å²) in [6, 6.07) is 0.0520. The van der Waals surface area contributed by atoms with Crippen molar-refractivity contribution >= 4 is 51.8 Å². The molecule has 0 aliphatic carbocycles. The van der Waals surface area contributed by atoms with Gasteiger partial charge in [-0.2, -0.15) is 0 Å². The van der Waals surface area contributed by atoms with Gasteiger partial charge >= 0.3 is 0 Å². The summed E-state index contributed by atoms with van der Waals surface area (Å²) < 4.78 is 18.6. The second-order valence-corrected chi connectivity index (χ2v) is 10.7. The van der Waals surface area contributed by atoms with E-state index in [0.29, 0.717) is 6.54 Å². The monoisotopic (exact) mass is 516 g/mol. The smallest absolute Gasteiger partial charge is 0.208 e. The van der Waals surface area contributed by atoms with Crippen molar-refractivity contribution in [2.45, 2.75) is 44.9 Å². The maximum atomic E-state index is 12.6. The summed E-state index contributed by atoms with van der Waals surface area (Å²) in [6.45, 7) is 8.73. The summed E-state index contributed by atoms with van der Waals surface area (Å²) >= 11 is 1.09. The number of allylic oxidation sites excluding steroid dienone is 1. The molecular formula is C19H29IN6OS. The molecule has 2 N–H and O–H groups in total. The van der Waals surface area contributed by atoms with Crippen molar-refractivity contribution in [1.29, 1.82) is 0 Å². The van der Waals surface area contributed by atoms with E-state index in [4.69, 9.17) is 0 Å². The molecule has 2 heterocycles. The lowest BCUT2D eigenvalue weighted by molar-refractivity contribution is 0.452. The number of fused-ring (bicyclic) bond motifs is 1. The Morgan fingerprint density at radius 1 is 1.39 bits per heavy atom. The number of imidazole rings is 1. The molecule has 9 heteroatoms. The number of halogens is 1. The van der Waals surface area contributed by atoms with E-state index < -0.39 is 11.4 Å². The number of aliphatic imine (C=N–C) groups is 1. The molecule has 2 aromatic rings. The Bertz CT molecular complexity index is 816. The van der Waals surface area contributed by atoms with Crippen molar-refractivity contribution in [3.8, 4) is 0 Å². The Kier molecular flexibility index (Phi) is 8.72. The predicted molar refractivity (Wildman–Crippen MR) is 126 cm³/mol. The van der Waals surface area contributed by atoms with Crippen LogP contribution in [0.4, 0.5) is 5.95 Å². The minimum absolute atomic E-state index is 0.0520. The van der Waals surface area contributed by atoms with E-state index in [1.807, 2.05) is 43.6 Å². The van der Waals surface area contributed by atoms with Crippen LogP contribution in [0.3, 0.4) is 0 Å². The van der Waals surface area contributed by atoms with Crippen molar-refractivity contribution in [2.24, 2.45) is 10.9 Å². The Morgan fingerprint density at radius 2 is 2.14 bits per heavy atom. The fourth-order valence-corrected chi connectivity index (χ4v) is 4.05. The summed E-state index contributed by atoms with van der Waals surface area (Å²) in [7, 11) is 1.74. The van der Waals surface area contributed by atoms with Gasteiger partial charge < -0.3 is 9.87 Å². The third-order valence-electron chi connectivity index (χ3n) is 4.22. The van der Waals surface area contributed by atoms with Gasteiger partial charge in [0.15, 0.2) is 5.65 Å². The minimum atomic E-state index is -1.14. The molecule has 0 spiro atoms. The van der Waals surface area contributed by atoms with E-state index in [9.17, 15) is 4.55 Å². The van der Waals surface area contributed by atoms with Gasteiger partial charge in [0.1, 0.15) is 4.75 Å². The van der Waals surface area contributed by atoms with Crippen LogP contribution in [0.15, 0.2) is 35.7 Å². The first kappa shape index (κ1) is 23.1. The van der Waals surface area contributed by atoms with Crippen LogP contribution in [0.2, 0.25) is 0 Å². The molecule has 2 rings (SSSR count). The van der Waals surface area contributed by atoms with Crippen LogP contribution in [-0.2, 0) is 11.4 Å². The van der Waals surface area contributed by atoms with Gasteiger partial charge in [-0.3, -0.25) is 9.39 Å². The van der Waals surface area contributed by atoms with Gasteiger partial charge in [0, 0.05) is 49.8 Å². The predicted octanol–water partition coefficient (Wildman–Crippen LogP) is 3.45. The highest BCUT2D eigenvalue weighted by Crippen LogP contribution is 2.19. The molecule has 154 valence electrons. The molecule has 0 fully saturated rings. The summed E-state index contributed by atoms with van der Waals surface area (Å²) in [6.07, 6.45) is 12.0. The molecule has 0 aromatic carbocycles. The summed E-state index contributed by atoms with van der Waals surface area (Å²) in [5, 5.41) is 3.38. The van der Waals surface area contributed by atoms with Crippen molar-refractivity contribution in [3.05, 3.63) is 34.3 Å². The molecular weight excluding hydrogens is 487 g/mol. The van der Waals surface area contributed by atoms with Crippen LogP contribution in [0, 0.1) is 9.49 Å². The highest BCUT2D eigenvalue weighted by Gasteiger charge is 2.30. The zero-order valence-electron chi connectivity index (χ0n) is 17.0. The van der Waals surface area contributed by atoms with Gasteiger partial charge in [-0.15, -0.1) is 4.72 Å². The van der Waals surface area contributed by atoms with Gasteiger partial charge in [-0.1, -0.05) is 13.0 Å². The molecule has 3 atom stereocenters. The first-order valence-electron chi connectivity index (χ1n) is 9.22. The number of nitrogens with one attached hydrogen (secondary N) is 2. The Balaban J connectivity index is 2.06. The number of nitrogens with zero attached hydrogens (tertiary/aromatic N) is 4. The van der Waals surface area contributed by atoms with Crippen LogP contribution >= 0.6 is 22.6 Å². The highest BCUT2D eigenvalue weighted by molar-refractivity contribution is 14.1. The lowest BCUT2D eigenvalue weighted by atomic mass is 9.99. The van der Waals surface area contributed by atoms with Gasteiger partial charge in [0.2, 0.25) is 5.95 Å². The Morgan fingerprint density at radius 3 is 2.82 bits per heavy atom. The Hall–Kier alpha value is -1.17. The second kappa shape index (κ2) is 10.6. The zero-order valence-corrected chi connectivity index (χ0v) is 20.0. The number of hydrogen-bond donors (Lipinski definition) is 2. The van der Waals surface area contributed by atoms with Crippen molar-refractivity contribution in [3.63, 3.8) is 0 Å². The Labute approximate surface area is 184 Å². The van der Waals surface area contributed by atoms with E-state index in [0.717, 1.165) is 21.6 Å². The molecule has 28 heavy (non-hydrogen) atoms. The SMILES string of the molecule is C/N=C\C=C/C(C)[C@H](CCNc1ncc(I)c2nccn12)N[S+]([O-])C(C)(C)C. The standard InChI is InChI=1S/C19H29IN6OS/c1-14(7-6-9-21-5)16(25-28(27)19(2,3)4)8-10-23-18-24-13-15(20)17-22-11-12-26(17)18/h6-7,9,11-14,16,25H,8,10H2,1-5H3,(H,23,24)/b7-6-,21-9-/t14?,16-,28?/m0/s1. The highest BCUT2D eigenvalue weighted by atomic mass is 127. The average Bonchev–Trinajstić information content (AvgIpc) is 3.12. The molecule has 0 aliphatic rings. The van der Waals surface area contributed by atoms with Crippen molar-refractivity contribution < 1.29 is 4.55 Å². The topological polar surface area (TPSA) is 89.7 Å². The molecule has 2 unspecified atom stereocenters. The van der Waals surface area contributed by atoms with Gasteiger partial charge in [0.25, 0.3) is 0 Å². The van der Waals surface area contributed by atoms with E-state index >= 15 is 0 Å². The number of rotatable bonds is 9. The van der Waals surface area contributed by atoms with E-state index in [1.165, 1.54) is 0 Å². The summed E-state index contributed by atoms with van der Waals surface area (Å²) in [4.78, 5) is 12.8. The first-order valence-corrected chi connectivity index (χ1v) is 11.5. The molecule has 7 nitrogen and oxygen atoms in total. The molecule has 2 aromatic heterocycles. The summed E-state index contributed by atoms with van der Waals surface area (Å²) in [5.41, 5.74) is 0.886. The fourth-order valence-electron chi connectivity index (χ4n) is 2.55. The largest absolute Gasteiger partial charge is 0.598 e. The van der Waals surface area contributed by atoms with E-state index in [1.54, 1.807) is 19.5 Å². The summed E-state index contributed by atoms with van der Waals surface area (Å²) in [5.74, 6) is 0.953. The number of aromatic nitrogens is 3. The maximum absolute atomic E-state index is 12.6. The normalized spacial score (nSPS) is 16.1. The van der Waals surface area contributed by atoms with Crippen molar-refractivity contribution in [1.82, 2.24) is 19.1 Å². The van der Waals surface area contributed by atoms with Crippen LogP contribution < -0.4 is 10.0 Å². The fraction of sp³-hybridized carbons (Fsp3) is 0.526. The van der Waals surface area contributed by atoms with Crippen LogP contribution in [0.5, 0.6) is 0 Å². The quantitative estimate of drug-likeness (QED) is 0.303. The molecule has 0 amide bonds. The molecule has 0 saturated carbocycles. The minimum Gasteiger partial charge on any atom is -0.598 e. The molecule has 0 radical (unpaired) electrons. The lowest BCUT2D eigenvalue weighted by Crippen LogP contribution is -2.47. The molecule has 0 bridgehead atoms. The lowest BCUT2D eigenvalue weighted by Gasteiger charge is -2.30. The van der Waals surface area contributed by atoms with Crippen LogP contribution in [0.25, 0.3) is 5.65 Å². The van der Waals surface area contributed by atoms with Gasteiger partial charge in [-0.25, -0.2) is 9.97 Å². The van der Waals surface area contributed by atoms with Gasteiger partial charge in [-0.05, 0) is 61.8 Å².